The molecule has 0 radical (unpaired) electrons. The minimum atomic E-state index is -0.246. The highest BCUT2D eigenvalue weighted by Gasteiger charge is 2.28. The van der Waals surface area contributed by atoms with E-state index in [-0.39, 0.29) is 36.7 Å². The van der Waals surface area contributed by atoms with Gasteiger partial charge in [-0.15, -0.1) is 12.4 Å². The number of nitrogens with two attached hydrogens (primary N) is 1. The molecule has 1 aliphatic rings. The maximum atomic E-state index is 11.3. The van der Waals surface area contributed by atoms with Gasteiger partial charge in [0.15, 0.2) is 0 Å². The van der Waals surface area contributed by atoms with E-state index in [4.69, 9.17) is 5.73 Å². The summed E-state index contributed by atoms with van der Waals surface area (Å²) in [5.41, 5.74) is 5.81. The molecule has 94 valence electrons. The maximum Gasteiger partial charge on any atom is 0.231 e. The molecule has 0 aromatic carbocycles. The van der Waals surface area contributed by atoms with Crippen LogP contribution in [-0.4, -0.2) is 43.4 Å². The maximum absolute atomic E-state index is 11.3. The molecule has 0 aromatic heterocycles. The standard InChI is InChI=1S/C10H19N3O2.ClH/c1-13(2)10(15)5-9(14)12-6-8(11)7-3-4-7;/h7-8H,3-6,11H2,1-2H3,(H,12,14);1H. The van der Waals surface area contributed by atoms with E-state index in [0.717, 1.165) is 12.8 Å². The molecule has 6 heteroatoms. The molecular weight excluding hydrogens is 230 g/mol. The molecule has 0 bridgehead atoms. The van der Waals surface area contributed by atoms with Crippen molar-refractivity contribution in [1.29, 1.82) is 0 Å². The predicted octanol–water partition coefficient (Wildman–Crippen LogP) is -0.260. The average molecular weight is 250 g/mol. The van der Waals surface area contributed by atoms with Crippen molar-refractivity contribution in [3.8, 4) is 0 Å². The first-order valence-corrected chi connectivity index (χ1v) is 5.23. The van der Waals surface area contributed by atoms with Crippen molar-refractivity contribution < 1.29 is 9.59 Å². The Labute approximate surface area is 102 Å². The fraction of sp³-hybridized carbons (Fsp3) is 0.800. The Morgan fingerprint density at radius 1 is 1.44 bits per heavy atom. The van der Waals surface area contributed by atoms with Crippen molar-refractivity contribution in [1.82, 2.24) is 10.2 Å². The van der Waals surface area contributed by atoms with Crippen LogP contribution in [0.4, 0.5) is 0 Å². The molecule has 0 saturated heterocycles. The smallest absolute Gasteiger partial charge is 0.231 e. The van der Waals surface area contributed by atoms with E-state index >= 15 is 0 Å². The molecule has 16 heavy (non-hydrogen) atoms. The van der Waals surface area contributed by atoms with E-state index in [1.54, 1.807) is 14.1 Å². The lowest BCUT2D eigenvalue weighted by Gasteiger charge is -2.13. The Morgan fingerprint density at radius 2 is 2.00 bits per heavy atom. The molecule has 1 rings (SSSR count). The van der Waals surface area contributed by atoms with E-state index in [1.165, 1.54) is 4.90 Å². The molecule has 3 N–H and O–H groups in total. The van der Waals surface area contributed by atoms with Crippen LogP contribution in [0, 0.1) is 5.92 Å². The molecule has 1 saturated carbocycles. The summed E-state index contributed by atoms with van der Waals surface area (Å²) < 4.78 is 0. The lowest BCUT2D eigenvalue weighted by atomic mass is 10.2. The Bertz CT molecular complexity index is 254. The van der Waals surface area contributed by atoms with Crippen LogP contribution in [0.25, 0.3) is 0 Å². The number of nitrogens with one attached hydrogen (secondary N) is 1. The first-order valence-electron chi connectivity index (χ1n) is 5.23. The Balaban J connectivity index is 0.00000225. The highest BCUT2D eigenvalue weighted by molar-refractivity contribution is 5.96. The number of nitrogens with zero attached hydrogens (tertiary/aromatic N) is 1. The topological polar surface area (TPSA) is 75.4 Å². The van der Waals surface area contributed by atoms with Gasteiger partial charge in [0.05, 0.1) is 0 Å². The molecule has 1 atom stereocenters. The lowest BCUT2D eigenvalue weighted by Crippen LogP contribution is -2.40. The molecule has 1 unspecified atom stereocenters. The molecule has 0 heterocycles. The lowest BCUT2D eigenvalue weighted by molar-refractivity contribution is -0.134. The summed E-state index contributed by atoms with van der Waals surface area (Å²) >= 11 is 0. The third-order valence-electron chi connectivity index (χ3n) is 2.57. The number of carbonyl (C=O) groups is 2. The minimum Gasteiger partial charge on any atom is -0.354 e. The van der Waals surface area contributed by atoms with Crippen LogP contribution in [0.3, 0.4) is 0 Å². The molecule has 5 nitrogen and oxygen atoms in total. The Hall–Kier alpha value is -0.810. The van der Waals surface area contributed by atoms with E-state index in [0.29, 0.717) is 12.5 Å². The highest BCUT2D eigenvalue weighted by atomic mass is 35.5. The first-order chi connectivity index (χ1) is 7.00. The van der Waals surface area contributed by atoms with Crippen LogP contribution in [0.2, 0.25) is 0 Å². The normalized spacial score (nSPS) is 15.9. The summed E-state index contributed by atoms with van der Waals surface area (Å²) in [7, 11) is 3.26. The molecule has 1 aliphatic carbocycles. The van der Waals surface area contributed by atoms with Gasteiger partial charge < -0.3 is 16.0 Å². The number of carbonyl (C=O) groups excluding carboxylic acids is 2. The quantitative estimate of drug-likeness (QED) is 0.660. The zero-order chi connectivity index (χ0) is 11.4. The third kappa shape index (κ3) is 5.32. The Morgan fingerprint density at radius 3 is 2.44 bits per heavy atom. The largest absolute Gasteiger partial charge is 0.354 e. The fourth-order valence-electron chi connectivity index (χ4n) is 1.28. The number of rotatable bonds is 5. The SMILES string of the molecule is CN(C)C(=O)CC(=O)NCC(N)C1CC1.Cl. The van der Waals surface area contributed by atoms with Crippen molar-refractivity contribution in [2.45, 2.75) is 25.3 Å². The van der Waals surface area contributed by atoms with Crippen molar-refractivity contribution in [2.24, 2.45) is 11.7 Å². The molecule has 2 amide bonds. The van der Waals surface area contributed by atoms with Gasteiger partial charge >= 0.3 is 0 Å². The van der Waals surface area contributed by atoms with Gasteiger partial charge in [-0.25, -0.2) is 0 Å². The van der Waals surface area contributed by atoms with Crippen molar-refractivity contribution in [3.63, 3.8) is 0 Å². The number of amides is 2. The predicted molar refractivity (Wildman–Crippen MR) is 64.3 cm³/mol. The summed E-state index contributed by atoms with van der Waals surface area (Å²) in [5.74, 6) is 0.132. The van der Waals surface area contributed by atoms with Crippen LogP contribution < -0.4 is 11.1 Å². The van der Waals surface area contributed by atoms with Gasteiger partial charge in [0, 0.05) is 26.7 Å². The monoisotopic (exact) mass is 249 g/mol. The van der Waals surface area contributed by atoms with Gasteiger partial charge in [0.1, 0.15) is 6.42 Å². The van der Waals surface area contributed by atoms with Gasteiger partial charge in [0.2, 0.25) is 11.8 Å². The van der Waals surface area contributed by atoms with Crippen molar-refractivity contribution >= 4 is 24.2 Å². The van der Waals surface area contributed by atoms with Gasteiger partial charge in [-0.2, -0.15) is 0 Å². The number of hydrogen-bond acceptors (Lipinski definition) is 3. The second-order valence-corrected chi connectivity index (χ2v) is 4.27. The summed E-state index contributed by atoms with van der Waals surface area (Å²) in [4.78, 5) is 23.9. The van der Waals surface area contributed by atoms with E-state index in [2.05, 4.69) is 5.32 Å². The van der Waals surface area contributed by atoms with Crippen molar-refractivity contribution in [3.05, 3.63) is 0 Å². The van der Waals surface area contributed by atoms with Crippen LogP contribution in [0.5, 0.6) is 0 Å². The summed E-state index contributed by atoms with van der Waals surface area (Å²) in [6, 6.07) is 0.0448. The van der Waals surface area contributed by atoms with E-state index in [1.807, 2.05) is 0 Å². The summed E-state index contributed by atoms with van der Waals surface area (Å²) in [6.07, 6.45) is 2.23. The molecular formula is C10H20ClN3O2. The van der Waals surface area contributed by atoms with E-state index < -0.39 is 0 Å². The second-order valence-electron chi connectivity index (χ2n) is 4.27. The van der Waals surface area contributed by atoms with Crippen molar-refractivity contribution in [2.75, 3.05) is 20.6 Å². The molecule has 0 aromatic rings. The molecule has 0 aliphatic heterocycles. The summed E-state index contributed by atoms with van der Waals surface area (Å²) in [5, 5.41) is 2.68. The van der Waals surface area contributed by atoms with E-state index in [9.17, 15) is 9.59 Å². The van der Waals surface area contributed by atoms with Crippen LogP contribution in [0.15, 0.2) is 0 Å². The van der Waals surface area contributed by atoms with Gasteiger partial charge in [0.25, 0.3) is 0 Å². The van der Waals surface area contributed by atoms with Crippen LogP contribution in [-0.2, 0) is 9.59 Å². The summed E-state index contributed by atoms with van der Waals surface area (Å²) in [6.45, 7) is 0.476. The third-order valence-corrected chi connectivity index (χ3v) is 2.57. The first kappa shape index (κ1) is 15.2. The Kier molecular flexibility index (Phi) is 6.36. The van der Waals surface area contributed by atoms with Gasteiger partial charge in [-0.3, -0.25) is 9.59 Å². The average Bonchev–Trinajstić information content (AvgIpc) is 2.96. The highest BCUT2D eigenvalue weighted by Crippen LogP contribution is 2.31. The van der Waals surface area contributed by atoms with Crippen LogP contribution in [0.1, 0.15) is 19.3 Å². The molecule has 0 spiro atoms. The zero-order valence-corrected chi connectivity index (χ0v) is 10.5. The number of halogens is 1. The van der Waals surface area contributed by atoms with Gasteiger partial charge in [-0.05, 0) is 18.8 Å². The number of hydrogen-bond donors (Lipinski definition) is 2. The molecule has 1 fully saturated rings. The zero-order valence-electron chi connectivity index (χ0n) is 9.73. The second kappa shape index (κ2) is 6.70. The fourth-order valence-corrected chi connectivity index (χ4v) is 1.28. The minimum absolute atomic E-state index is 0. The van der Waals surface area contributed by atoms with Crippen LogP contribution >= 0.6 is 12.4 Å². The van der Waals surface area contributed by atoms with Gasteiger partial charge in [-0.1, -0.05) is 0 Å².